The molecular formula is C28H41BF2N2O3. The van der Waals surface area contributed by atoms with Crippen molar-refractivity contribution in [2.75, 3.05) is 26.2 Å². The van der Waals surface area contributed by atoms with Crippen LogP contribution in [-0.4, -0.2) is 71.0 Å². The lowest BCUT2D eigenvalue weighted by molar-refractivity contribution is -0.134. The van der Waals surface area contributed by atoms with E-state index in [2.05, 4.69) is 18.7 Å². The molecule has 1 amide bonds. The third kappa shape index (κ3) is 4.41. The highest BCUT2D eigenvalue weighted by molar-refractivity contribution is 6.58. The molecule has 3 fully saturated rings. The number of rotatable bonds is 5. The van der Waals surface area contributed by atoms with Crippen LogP contribution in [0, 0.1) is 23.2 Å². The Morgan fingerprint density at radius 2 is 1.89 bits per heavy atom. The van der Waals surface area contributed by atoms with Gasteiger partial charge < -0.3 is 14.9 Å². The van der Waals surface area contributed by atoms with Crippen LogP contribution in [0.4, 0.5) is 8.78 Å². The zero-order chi connectivity index (χ0) is 25.8. The summed E-state index contributed by atoms with van der Waals surface area (Å²) in [5.74, 6) is -2.40. The van der Waals surface area contributed by atoms with Gasteiger partial charge >= 0.3 is 7.12 Å². The van der Waals surface area contributed by atoms with Gasteiger partial charge in [0.2, 0.25) is 5.91 Å². The average molecular weight is 502 g/mol. The van der Waals surface area contributed by atoms with Crippen molar-refractivity contribution in [1.82, 2.24) is 9.80 Å². The zero-order valence-corrected chi connectivity index (χ0v) is 21.9. The van der Waals surface area contributed by atoms with Gasteiger partial charge in [0.1, 0.15) is 0 Å². The Morgan fingerprint density at radius 1 is 1.17 bits per heavy atom. The van der Waals surface area contributed by atoms with Crippen molar-refractivity contribution in [3.05, 3.63) is 29.3 Å². The number of fused-ring (bicyclic) bond motifs is 5. The smallest absolute Gasteiger partial charge is 0.423 e. The maximum absolute atomic E-state index is 15.6. The summed E-state index contributed by atoms with van der Waals surface area (Å²) in [6.45, 7) is 9.36. The molecule has 1 heterocycles. The number of aryl methyl sites for hydroxylation is 1. The van der Waals surface area contributed by atoms with Crippen LogP contribution < -0.4 is 5.46 Å². The summed E-state index contributed by atoms with van der Waals surface area (Å²) in [6, 6.07) is 6.10. The third-order valence-electron chi connectivity index (χ3n) is 10.3. The number of nitrogens with zero attached hydrogens (tertiary/aromatic N) is 2. The van der Waals surface area contributed by atoms with Crippen molar-refractivity contribution >= 4 is 18.5 Å². The fraction of sp³-hybridized carbons (Fsp3) is 0.750. The van der Waals surface area contributed by atoms with Crippen molar-refractivity contribution in [2.24, 2.45) is 23.2 Å². The first kappa shape index (κ1) is 26.1. The quantitative estimate of drug-likeness (QED) is 0.606. The van der Waals surface area contributed by atoms with E-state index in [0.717, 1.165) is 51.0 Å². The molecule has 198 valence electrons. The van der Waals surface area contributed by atoms with E-state index in [0.29, 0.717) is 30.8 Å². The van der Waals surface area contributed by atoms with E-state index in [1.807, 2.05) is 24.0 Å². The number of halogens is 2. The van der Waals surface area contributed by atoms with Crippen LogP contribution in [0.5, 0.6) is 0 Å². The molecule has 36 heavy (non-hydrogen) atoms. The van der Waals surface area contributed by atoms with E-state index in [-0.39, 0.29) is 36.0 Å². The summed E-state index contributed by atoms with van der Waals surface area (Å²) in [7, 11) is -1.49. The van der Waals surface area contributed by atoms with Crippen LogP contribution in [0.25, 0.3) is 0 Å². The first-order chi connectivity index (χ1) is 17.0. The number of carbonyl (C=O) groups is 1. The van der Waals surface area contributed by atoms with E-state index in [1.165, 1.54) is 5.56 Å². The van der Waals surface area contributed by atoms with Crippen LogP contribution in [0.15, 0.2) is 18.2 Å². The fourth-order valence-corrected chi connectivity index (χ4v) is 8.23. The maximum atomic E-state index is 15.6. The van der Waals surface area contributed by atoms with Crippen LogP contribution >= 0.6 is 0 Å². The second-order valence-electron chi connectivity index (χ2n) is 12.3. The van der Waals surface area contributed by atoms with E-state index in [1.54, 1.807) is 6.07 Å². The van der Waals surface area contributed by atoms with Gasteiger partial charge in [-0.15, -0.1) is 0 Å². The largest absolute Gasteiger partial charge is 0.488 e. The minimum atomic E-state index is -2.70. The molecule has 0 aromatic heterocycles. The van der Waals surface area contributed by atoms with Crippen molar-refractivity contribution in [1.29, 1.82) is 0 Å². The number of piperazine rings is 1. The molecule has 8 heteroatoms. The Bertz CT molecular complexity index is 982. The van der Waals surface area contributed by atoms with Gasteiger partial charge in [0, 0.05) is 50.5 Å². The predicted molar refractivity (Wildman–Crippen MR) is 137 cm³/mol. The highest BCUT2D eigenvalue weighted by Crippen LogP contribution is 2.68. The van der Waals surface area contributed by atoms with E-state index < -0.39 is 18.5 Å². The molecule has 0 radical (unpaired) electrons. The number of hydrogen-bond acceptors (Lipinski definition) is 4. The average Bonchev–Trinajstić information content (AvgIpc) is 3.06. The van der Waals surface area contributed by atoms with E-state index in [9.17, 15) is 14.8 Å². The number of carbonyl (C=O) groups excluding carboxylic acids is 1. The van der Waals surface area contributed by atoms with Crippen molar-refractivity contribution in [3.63, 3.8) is 0 Å². The Labute approximate surface area is 214 Å². The molecule has 4 aliphatic rings. The molecule has 1 saturated heterocycles. The minimum Gasteiger partial charge on any atom is -0.423 e. The lowest BCUT2D eigenvalue weighted by Gasteiger charge is -2.51. The second-order valence-corrected chi connectivity index (χ2v) is 12.3. The summed E-state index contributed by atoms with van der Waals surface area (Å²) in [4.78, 5) is 17.3. The number of hydrogen-bond donors (Lipinski definition) is 2. The number of benzene rings is 1. The highest BCUT2D eigenvalue weighted by atomic mass is 19.3. The van der Waals surface area contributed by atoms with E-state index >= 15 is 8.78 Å². The first-order valence-corrected chi connectivity index (χ1v) is 13.9. The molecular weight excluding hydrogens is 461 g/mol. The van der Waals surface area contributed by atoms with Gasteiger partial charge in [-0.25, -0.2) is 8.78 Å². The standard InChI is InChI=1S/C28H41BF2N2O3/c1-18(2)32-12-14-33(15-13-32)25(34)9-5-20-17-28(30,31)27(3)11-10-23-22-8-6-21(29(35)36)16-19(22)4-7-24(23)26(20)27/h6,8,16,18,20,23-24,26,35-36H,4-5,7,9-15,17H2,1-3H3/t20-,23-,24-,26+,27+/m1/s1. The SMILES string of the molecule is CC(C)N1CCN(C(=O)CC[C@@H]2CC(F)(F)[C@@]3(C)CC[C@@H]4c5ccc(B(O)O)cc5CC[C@H]4[C@H]23)CC1. The molecule has 2 N–H and O–H groups in total. The van der Waals surface area contributed by atoms with Crippen LogP contribution in [0.3, 0.4) is 0 Å². The molecule has 5 rings (SSSR count). The van der Waals surface area contributed by atoms with Crippen molar-refractivity contribution in [2.45, 2.75) is 83.6 Å². The number of alkyl halides is 2. The lowest BCUT2D eigenvalue weighted by Crippen LogP contribution is -2.50. The summed E-state index contributed by atoms with van der Waals surface area (Å²) in [5, 5.41) is 19.2. The molecule has 1 aromatic rings. The fourth-order valence-electron chi connectivity index (χ4n) is 8.23. The lowest BCUT2D eigenvalue weighted by atomic mass is 9.53. The first-order valence-electron chi connectivity index (χ1n) is 13.9. The van der Waals surface area contributed by atoms with E-state index in [4.69, 9.17) is 0 Å². The molecule has 3 aliphatic carbocycles. The van der Waals surface area contributed by atoms with Crippen LogP contribution in [0.2, 0.25) is 0 Å². The summed E-state index contributed by atoms with van der Waals surface area (Å²) >= 11 is 0. The molecule has 5 nitrogen and oxygen atoms in total. The van der Waals surface area contributed by atoms with Gasteiger partial charge in [-0.2, -0.15) is 0 Å². The van der Waals surface area contributed by atoms with Gasteiger partial charge in [0.05, 0.1) is 0 Å². The Kier molecular flexibility index (Phi) is 7.01. The van der Waals surface area contributed by atoms with Gasteiger partial charge in [-0.3, -0.25) is 9.69 Å². The maximum Gasteiger partial charge on any atom is 0.488 e. The Morgan fingerprint density at radius 3 is 2.56 bits per heavy atom. The highest BCUT2D eigenvalue weighted by Gasteiger charge is 2.67. The molecule has 1 aliphatic heterocycles. The van der Waals surface area contributed by atoms with Gasteiger partial charge in [0.25, 0.3) is 5.92 Å². The van der Waals surface area contributed by atoms with Crippen LogP contribution in [0.1, 0.15) is 76.3 Å². The molecule has 0 unspecified atom stereocenters. The van der Waals surface area contributed by atoms with Gasteiger partial charge in [0.15, 0.2) is 0 Å². The molecule has 5 atom stereocenters. The van der Waals surface area contributed by atoms with Crippen molar-refractivity contribution in [3.8, 4) is 0 Å². The molecule has 0 bridgehead atoms. The van der Waals surface area contributed by atoms with Crippen molar-refractivity contribution < 1.29 is 23.6 Å². The number of amides is 1. The normalized spacial score (nSPS) is 33.7. The topological polar surface area (TPSA) is 64.0 Å². The summed E-state index contributed by atoms with van der Waals surface area (Å²) in [6.07, 6.45) is 3.67. The summed E-state index contributed by atoms with van der Waals surface area (Å²) < 4.78 is 31.1. The van der Waals surface area contributed by atoms with Gasteiger partial charge in [-0.1, -0.05) is 25.1 Å². The monoisotopic (exact) mass is 502 g/mol. The molecule has 0 spiro atoms. The van der Waals surface area contributed by atoms with Gasteiger partial charge in [-0.05, 0) is 86.2 Å². The Hall–Kier alpha value is -1.51. The summed E-state index contributed by atoms with van der Waals surface area (Å²) in [5.41, 5.74) is 1.81. The molecule has 1 aromatic carbocycles. The third-order valence-corrected chi connectivity index (χ3v) is 10.3. The molecule has 2 saturated carbocycles. The minimum absolute atomic E-state index is 0.0897. The second kappa shape index (κ2) is 9.66. The zero-order valence-electron chi connectivity index (χ0n) is 21.9. The Balaban J connectivity index is 1.31. The van der Waals surface area contributed by atoms with Crippen LogP contribution in [-0.2, 0) is 11.2 Å². The predicted octanol–water partition coefficient (Wildman–Crippen LogP) is 3.42.